The molecule has 1 amide bonds. The molecule has 10 heteroatoms. The number of amides is 1. The van der Waals surface area contributed by atoms with Gasteiger partial charge < -0.3 is 14.3 Å². The van der Waals surface area contributed by atoms with Gasteiger partial charge >= 0.3 is 0 Å². The number of benzene rings is 1. The van der Waals surface area contributed by atoms with Crippen LogP contribution in [-0.2, 0) is 10.0 Å². The first-order valence-corrected chi connectivity index (χ1v) is 11.2. The molecular weight excluding hydrogens is 408 g/mol. The summed E-state index contributed by atoms with van der Waals surface area (Å²) in [6.07, 6.45) is 4.25. The number of furan rings is 1. The van der Waals surface area contributed by atoms with Crippen LogP contribution in [0.2, 0.25) is 0 Å². The number of hydrogen-bond donors (Lipinski definition) is 1. The Morgan fingerprint density at radius 3 is 2.53 bits per heavy atom. The van der Waals surface area contributed by atoms with Crippen LogP contribution in [0.15, 0.2) is 56.5 Å². The van der Waals surface area contributed by atoms with E-state index in [2.05, 4.69) is 15.5 Å². The van der Waals surface area contributed by atoms with Crippen molar-refractivity contribution >= 4 is 15.9 Å². The molecule has 0 radical (unpaired) electrons. The van der Waals surface area contributed by atoms with Crippen molar-refractivity contribution in [3.8, 4) is 11.4 Å². The van der Waals surface area contributed by atoms with Crippen molar-refractivity contribution < 1.29 is 22.2 Å². The fraction of sp³-hybridized carbons (Fsp3) is 0.350. The lowest BCUT2D eigenvalue weighted by Gasteiger charge is -2.25. The summed E-state index contributed by atoms with van der Waals surface area (Å²) in [5.74, 6) is 0.340. The van der Waals surface area contributed by atoms with Gasteiger partial charge in [0.1, 0.15) is 6.04 Å². The van der Waals surface area contributed by atoms with Crippen molar-refractivity contribution in [2.75, 3.05) is 13.1 Å². The molecule has 1 aromatic carbocycles. The quantitative estimate of drug-likeness (QED) is 0.638. The van der Waals surface area contributed by atoms with Gasteiger partial charge in [-0.2, -0.15) is 9.29 Å². The lowest BCUT2D eigenvalue weighted by Crippen LogP contribution is -2.35. The predicted octanol–water partition coefficient (Wildman–Crippen LogP) is 3.00. The number of nitrogens with zero attached hydrogens (tertiary/aromatic N) is 3. The minimum Gasteiger partial charge on any atom is -0.459 e. The van der Waals surface area contributed by atoms with Crippen LogP contribution in [0.25, 0.3) is 11.4 Å². The van der Waals surface area contributed by atoms with Crippen LogP contribution in [0, 0.1) is 0 Å². The van der Waals surface area contributed by atoms with Crippen LogP contribution in [0.4, 0.5) is 0 Å². The van der Waals surface area contributed by atoms with E-state index in [1.165, 1.54) is 10.6 Å². The molecule has 1 aliphatic heterocycles. The summed E-state index contributed by atoms with van der Waals surface area (Å²) < 4.78 is 37.4. The summed E-state index contributed by atoms with van der Waals surface area (Å²) >= 11 is 0. The molecule has 9 nitrogen and oxygen atoms in total. The maximum absolute atomic E-state index is 12.8. The Morgan fingerprint density at radius 1 is 1.13 bits per heavy atom. The van der Waals surface area contributed by atoms with E-state index in [9.17, 15) is 13.2 Å². The normalized spacial score (nSPS) is 16.3. The van der Waals surface area contributed by atoms with Crippen LogP contribution < -0.4 is 5.32 Å². The molecular formula is C20H22N4O5S. The van der Waals surface area contributed by atoms with Crippen molar-refractivity contribution in [2.45, 2.75) is 37.1 Å². The Kier molecular flexibility index (Phi) is 5.69. The van der Waals surface area contributed by atoms with Crippen LogP contribution in [-0.4, -0.2) is 41.9 Å². The molecule has 4 rings (SSSR count). The summed E-state index contributed by atoms with van der Waals surface area (Å²) in [5, 5.41) is 6.65. The Morgan fingerprint density at radius 2 is 1.87 bits per heavy atom. The highest BCUT2D eigenvalue weighted by Gasteiger charge is 2.26. The predicted molar refractivity (Wildman–Crippen MR) is 107 cm³/mol. The molecule has 1 N–H and O–H groups in total. The van der Waals surface area contributed by atoms with E-state index in [4.69, 9.17) is 8.94 Å². The molecule has 1 unspecified atom stereocenters. The molecule has 3 heterocycles. The summed E-state index contributed by atoms with van der Waals surface area (Å²) in [4.78, 5) is 16.6. The second-order valence-electron chi connectivity index (χ2n) is 7.12. The summed E-state index contributed by atoms with van der Waals surface area (Å²) in [6, 6.07) is 9.06. The lowest BCUT2D eigenvalue weighted by molar-refractivity contribution is 0.0904. The standard InChI is InChI=1S/C20H22N4O5S/c1-14(21-19(25)17-6-5-13-28-17)20-22-18(23-29-20)15-7-9-16(10-8-15)30(26,27)24-11-3-2-4-12-24/h5-10,13-14H,2-4,11-12H2,1H3,(H,21,25). The highest BCUT2D eigenvalue weighted by molar-refractivity contribution is 7.89. The third-order valence-corrected chi connectivity index (χ3v) is 6.88. The van der Waals surface area contributed by atoms with Gasteiger partial charge in [-0.1, -0.05) is 11.6 Å². The van der Waals surface area contributed by atoms with Gasteiger partial charge in [-0.25, -0.2) is 8.42 Å². The minimum absolute atomic E-state index is 0.187. The summed E-state index contributed by atoms with van der Waals surface area (Å²) in [7, 11) is -3.49. The highest BCUT2D eigenvalue weighted by atomic mass is 32.2. The molecule has 0 bridgehead atoms. The van der Waals surface area contributed by atoms with Crippen molar-refractivity contribution in [2.24, 2.45) is 0 Å². The molecule has 1 atom stereocenters. The van der Waals surface area contributed by atoms with Gasteiger partial charge in [0.15, 0.2) is 5.76 Å². The minimum atomic E-state index is -3.49. The average Bonchev–Trinajstić information content (AvgIpc) is 3.47. The molecule has 0 spiro atoms. The van der Waals surface area contributed by atoms with E-state index in [0.29, 0.717) is 24.5 Å². The Bertz CT molecular complexity index is 1100. The molecule has 30 heavy (non-hydrogen) atoms. The first-order chi connectivity index (χ1) is 14.4. The number of hydrogen-bond acceptors (Lipinski definition) is 7. The summed E-state index contributed by atoms with van der Waals surface area (Å²) in [6.45, 7) is 2.83. The lowest BCUT2D eigenvalue weighted by atomic mass is 10.2. The average molecular weight is 430 g/mol. The first-order valence-electron chi connectivity index (χ1n) is 9.74. The number of rotatable bonds is 6. The van der Waals surface area contributed by atoms with Gasteiger partial charge in [0, 0.05) is 18.7 Å². The Labute approximate surface area is 174 Å². The fourth-order valence-corrected chi connectivity index (χ4v) is 4.81. The zero-order valence-electron chi connectivity index (χ0n) is 16.4. The van der Waals surface area contributed by atoms with E-state index in [1.54, 1.807) is 43.3 Å². The van der Waals surface area contributed by atoms with Gasteiger partial charge in [0.05, 0.1) is 11.2 Å². The van der Waals surface area contributed by atoms with Gasteiger partial charge in [-0.15, -0.1) is 0 Å². The number of nitrogens with one attached hydrogen (secondary N) is 1. The molecule has 2 aromatic heterocycles. The van der Waals surface area contributed by atoms with Gasteiger partial charge in [0.2, 0.25) is 21.7 Å². The zero-order valence-corrected chi connectivity index (χ0v) is 17.3. The molecule has 0 aliphatic carbocycles. The fourth-order valence-electron chi connectivity index (χ4n) is 3.30. The van der Waals surface area contributed by atoms with Crippen LogP contribution in [0.5, 0.6) is 0 Å². The van der Waals surface area contributed by atoms with Crippen molar-refractivity contribution in [3.05, 3.63) is 54.3 Å². The Hall–Kier alpha value is -2.98. The monoisotopic (exact) mass is 430 g/mol. The van der Waals surface area contributed by atoms with E-state index in [1.807, 2.05) is 0 Å². The van der Waals surface area contributed by atoms with Crippen LogP contribution >= 0.6 is 0 Å². The van der Waals surface area contributed by atoms with E-state index >= 15 is 0 Å². The van der Waals surface area contributed by atoms with Crippen LogP contribution in [0.3, 0.4) is 0 Å². The number of carbonyl (C=O) groups excluding carboxylic acids is 1. The SMILES string of the molecule is CC(NC(=O)c1ccco1)c1nc(-c2ccc(S(=O)(=O)N3CCCCC3)cc2)no1. The second-order valence-corrected chi connectivity index (χ2v) is 9.06. The van der Waals surface area contributed by atoms with Crippen molar-refractivity contribution in [1.82, 2.24) is 19.8 Å². The van der Waals surface area contributed by atoms with Crippen molar-refractivity contribution in [1.29, 1.82) is 0 Å². The number of carbonyl (C=O) groups is 1. The number of aromatic nitrogens is 2. The maximum atomic E-state index is 12.8. The smallest absolute Gasteiger partial charge is 0.287 e. The van der Waals surface area contributed by atoms with Gasteiger partial charge in [-0.3, -0.25) is 4.79 Å². The molecule has 1 aliphatic rings. The zero-order chi connectivity index (χ0) is 21.1. The molecule has 1 saturated heterocycles. The van der Waals surface area contributed by atoms with E-state index in [0.717, 1.165) is 19.3 Å². The topological polar surface area (TPSA) is 119 Å². The largest absolute Gasteiger partial charge is 0.459 e. The van der Waals surface area contributed by atoms with Crippen molar-refractivity contribution in [3.63, 3.8) is 0 Å². The number of sulfonamides is 1. The molecule has 3 aromatic rings. The second kappa shape index (κ2) is 8.41. The molecule has 1 fully saturated rings. The number of piperidine rings is 1. The van der Waals surface area contributed by atoms with E-state index in [-0.39, 0.29) is 22.5 Å². The summed E-state index contributed by atoms with van der Waals surface area (Å²) in [5.41, 5.74) is 0.618. The third kappa shape index (κ3) is 4.14. The third-order valence-electron chi connectivity index (χ3n) is 4.97. The van der Waals surface area contributed by atoms with E-state index < -0.39 is 16.1 Å². The maximum Gasteiger partial charge on any atom is 0.287 e. The van der Waals surface area contributed by atoms with Crippen LogP contribution in [0.1, 0.15) is 48.7 Å². The molecule has 0 saturated carbocycles. The highest BCUT2D eigenvalue weighted by Crippen LogP contribution is 2.24. The molecule has 158 valence electrons. The van der Waals surface area contributed by atoms with Gasteiger partial charge in [0.25, 0.3) is 5.91 Å². The van der Waals surface area contributed by atoms with Gasteiger partial charge in [-0.05, 0) is 56.2 Å². The Balaban J connectivity index is 1.46. The first kappa shape index (κ1) is 20.3.